The summed E-state index contributed by atoms with van der Waals surface area (Å²) in [4.78, 5) is 0. The molecule has 2 aromatic rings. The summed E-state index contributed by atoms with van der Waals surface area (Å²) in [5.74, 6) is 0. The minimum absolute atomic E-state index is 0.0568. The molecule has 1 atom stereocenters. The van der Waals surface area contributed by atoms with Crippen molar-refractivity contribution in [3.05, 3.63) is 70.7 Å². The lowest BCUT2D eigenvalue weighted by Gasteiger charge is -2.16. The van der Waals surface area contributed by atoms with Gasteiger partial charge in [-0.2, -0.15) is 0 Å². The van der Waals surface area contributed by atoms with Crippen LogP contribution in [0.4, 0.5) is 0 Å². The van der Waals surface area contributed by atoms with Gasteiger partial charge in [-0.15, -0.1) is 0 Å². The van der Waals surface area contributed by atoms with Gasteiger partial charge in [-0.25, -0.2) is 0 Å². The van der Waals surface area contributed by atoms with Crippen molar-refractivity contribution < 1.29 is 5.11 Å². The molecule has 0 saturated heterocycles. The van der Waals surface area contributed by atoms with Crippen LogP contribution in [0.2, 0.25) is 5.02 Å². The zero-order chi connectivity index (χ0) is 13.5. The van der Waals surface area contributed by atoms with Crippen LogP contribution in [0.3, 0.4) is 0 Å². The monoisotopic (exact) mass is 275 g/mol. The molecule has 2 aromatic carbocycles. The Morgan fingerprint density at radius 1 is 1.00 bits per heavy atom. The third-order valence-corrected chi connectivity index (χ3v) is 3.26. The van der Waals surface area contributed by atoms with Crippen LogP contribution < -0.4 is 5.32 Å². The molecular formula is C16H18ClNO. The predicted octanol–water partition coefficient (Wildman–Crippen LogP) is 3.03. The van der Waals surface area contributed by atoms with Gasteiger partial charge in [0.15, 0.2) is 0 Å². The van der Waals surface area contributed by atoms with Crippen molar-refractivity contribution in [1.29, 1.82) is 0 Å². The molecule has 2 rings (SSSR count). The van der Waals surface area contributed by atoms with Crippen LogP contribution >= 0.6 is 11.6 Å². The number of aliphatic hydroxyl groups excluding tert-OH is 1. The van der Waals surface area contributed by atoms with Gasteiger partial charge in [-0.1, -0.05) is 54.1 Å². The average Bonchev–Trinajstić information content (AvgIpc) is 2.44. The summed E-state index contributed by atoms with van der Waals surface area (Å²) in [5.41, 5.74) is 2.35. The van der Waals surface area contributed by atoms with Crippen molar-refractivity contribution in [3.63, 3.8) is 0 Å². The van der Waals surface area contributed by atoms with E-state index in [1.165, 1.54) is 5.56 Å². The average molecular weight is 276 g/mol. The second-order valence-electron chi connectivity index (χ2n) is 4.58. The number of hydrogen-bond donors (Lipinski definition) is 2. The number of benzene rings is 2. The molecule has 0 unspecified atom stereocenters. The summed E-state index contributed by atoms with van der Waals surface area (Å²) in [6.45, 7) is 0.827. The Morgan fingerprint density at radius 2 is 1.74 bits per heavy atom. The number of halogens is 1. The Hall–Kier alpha value is -1.35. The van der Waals surface area contributed by atoms with Gasteiger partial charge in [0, 0.05) is 17.6 Å². The predicted molar refractivity (Wildman–Crippen MR) is 79.3 cm³/mol. The lowest BCUT2D eigenvalue weighted by Crippen LogP contribution is -2.34. The van der Waals surface area contributed by atoms with Gasteiger partial charge in [0.1, 0.15) is 0 Å². The highest BCUT2D eigenvalue weighted by molar-refractivity contribution is 6.30. The number of aliphatic hydroxyl groups is 1. The molecule has 0 aliphatic rings. The zero-order valence-electron chi connectivity index (χ0n) is 10.7. The van der Waals surface area contributed by atoms with E-state index in [4.69, 9.17) is 11.6 Å². The summed E-state index contributed by atoms with van der Waals surface area (Å²) >= 11 is 5.95. The second-order valence-corrected chi connectivity index (χ2v) is 5.02. The fourth-order valence-electron chi connectivity index (χ4n) is 2.01. The Kier molecular flexibility index (Phi) is 5.40. The standard InChI is InChI=1S/C16H18ClNO/c17-15-8-4-7-14(9-15)11-18-16(12-19)10-13-5-2-1-3-6-13/h1-9,16,18-19H,10-12H2/t16-/m0/s1. The lowest BCUT2D eigenvalue weighted by atomic mass is 10.1. The van der Waals surface area contributed by atoms with E-state index in [0.717, 1.165) is 17.0 Å². The van der Waals surface area contributed by atoms with Crippen molar-refractivity contribution in [3.8, 4) is 0 Å². The third-order valence-electron chi connectivity index (χ3n) is 3.03. The Morgan fingerprint density at radius 3 is 2.42 bits per heavy atom. The molecule has 0 bridgehead atoms. The van der Waals surface area contributed by atoms with Gasteiger partial charge in [-0.3, -0.25) is 0 Å². The molecule has 0 spiro atoms. The van der Waals surface area contributed by atoms with Crippen molar-refractivity contribution >= 4 is 11.6 Å². The van der Waals surface area contributed by atoms with E-state index in [0.29, 0.717) is 6.54 Å². The maximum Gasteiger partial charge on any atom is 0.0587 e. The van der Waals surface area contributed by atoms with E-state index in [-0.39, 0.29) is 12.6 Å². The minimum atomic E-state index is 0.0568. The van der Waals surface area contributed by atoms with Gasteiger partial charge < -0.3 is 10.4 Å². The summed E-state index contributed by atoms with van der Waals surface area (Å²) < 4.78 is 0. The minimum Gasteiger partial charge on any atom is -0.395 e. The molecule has 100 valence electrons. The van der Waals surface area contributed by atoms with E-state index in [1.807, 2.05) is 42.5 Å². The first-order valence-electron chi connectivity index (χ1n) is 6.40. The maximum absolute atomic E-state index is 9.43. The molecule has 2 N–H and O–H groups in total. The first kappa shape index (κ1) is 14.1. The molecule has 0 aliphatic carbocycles. The molecule has 0 aromatic heterocycles. The Labute approximate surface area is 119 Å². The molecule has 0 saturated carbocycles. The van der Waals surface area contributed by atoms with E-state index in [2.05, 4.69) is 17.4 Å². The third kappa shape index (κ3) is 4.67. The molecule has 0 heterocycles. The summed E-state index contributed by atoms with van der Waals surface area (Å²) in [6, 6.07) is 18.0. The number of nitrogens with one attached hydrogen (secondary N) is 1. The first-order valence-corrected chi connectivity index (χ1v) is 6.78. The van der Waals surface area contributed by atoms with Crippen LogP contribution in [-0.4, -0.2) is 17.8 Å². The molecule has 0 amide bonds. The van der Waals surface area contributed by atoms with E-state index < -0.39 is 0 Å². The highest BCUT2D eigenvalue weighted by Gasteiger charge is 2.07. The van der Waals surface area contributed by atoms with Crippen molar-refractivity contribution in [2.75, 3.05) is 6.61 Å². The highest BCUT2D eigenvalue weighted by atomic mass is 35.5. The second kappa shape index (κ2) is 7.29. The van der Waals surface area contributed by atoms with E-state index in [1.54, 1.807) is 0 Å². The Bertz CT molecular complexity index is 501. The summed E-state index contributed by atoms with van der Waals surface area (Å²) in [5, 5.41) is 13.5. The van der Waals surface area contributed by atoms with Gasteiger partial charge in [0.25, 0.3) is 0 Å². The Balaban J connectivity index is 1.89. The van der Waals surface area contributed by atoms with Crippen molar-refractivity contribution in [2.45, 2.75) is 19.0 Å². The van der Waals surface area contributed by atoms with E-state index >= 15 is 0 Å². The van der Waals surface area contributed by atoms with Crippen LogP contribution in [0.5, 0.6) is 0 Å². The van der Waals surface area contributed by atoms with Crippen LogP contribution in [0.25, 0.3) is 0 Å². The molecule has 0 fully saturated rings. The topological polar surface area (TPSA) is 32.3 Å². The molecular weight excluding hydrogens is 258 g/mol. The van der Waals surface area contributed by atoms with Crippen molar-refractivity contribution in [1.82, 2.24) is 5.32 Å². The summed E-state index contributed by atoms with van der Waals surface area (Å²) in [6.07, 6.45) is 0.817. The van der Waals surface area contributed by atoms with Crippen LogP contribution in [0.1, 0.15) is 11.1 Å². The van der Waals surface area contributed by atoms with E-state index in [9.17, 15) is 5.11 Å². The maximum atomic E-state index is 9.43. The first-order chi connectivity index (χ1) is 9.28. The fraction of sp³-hybridized carbons (Fsp3) is 0.250. The number of rotatable bonds is 6. The van der Waals surface area contributed by atoms with Crippen LogP contribution in [0, 0.1) is 0 Å². The molecule has 3 heteroatoms. The SMILES string of the molecule is OC[C@H](Cc1ccccc1)NCc1cccc(Cl)c1. The van der Waals surface area contributed by atoms with Gasteiger partial charge in [0.05, 0.1) is 6.61 Å². The lowest BCUT2D eigenvalue weighted by molar-refractivity contribution is 0.241. The van der Waals surface area contributed by atoms with Gasteiger partial charge >= 0.3 is 0 Å². The zero-order valence-corrected chi connectivity index (χ0v) is 11.5. The smallest absolute Gasteiger partial charge is 0.0587 e. The largest absolute Gasteiger partial charge is 0.395 e. The van der Waals surface area contributed by atoms with Crippen LogP contribution in [0.15, 0.2) is 54.6 Å². The molecule has 0 radical (unpaired) electrons. The number of hydrogen-bond acceptors (Lipinski definition) is 2. The quantitative estimate of drug-likeness (QED) is 0.849. The molecule has 0 aliphatic heterocycles. The normalized spacial score (nSPS) is 12.3. The summed E-state index contributed by atoms with van der Waals surface area (Å²) in [7, 11) is 0. The van der Waals surface area contributed by atoms with Crippen LogP contribution in [-0.2, 0) is 13.0 Å². The van der Waals surface area contributed by atoms with Gasteiger partial charge in [0.2, 0.25) is 0 Å². The van der Waals surface area contributed by atoms with Crippen molar-refractivity contribution in [2.24, 2.45) is 0 Å². The van der Waals surface area contributed by atoms with Gasteiger partial charge in [-0.05, 0) is 29.7 Å². The molecule has 19 heavy (non-hydrogen) atoms. The fourth-order valence-corrected chi connectivity index (χ4v) is 2.22. The molecule has 2 nitrogen and oxygen atoms in total. The highest BCUT2D eigenvalue weighted by Crippen LogP contribution is 2.11.